The summed E-state index contributed by atoms with van der Waals surface area (Å²) in [6.45, 7) is 6.54. The molecule has 3 nitrogen and oxygen atoms in total. The molecule has 0 bridgehead atoms. The Balaban J connectivity index is 2.29. The fraction of sp³-hybridized carbons (Fsp3) is 0.588. The highest BCUT2D eigenvalue weighted by Crippen LogP contribution is 2.39. The Bertz CT molecular complexity index is 486. The third-order valence-corrected chi connectivity index (χ3v) is 4.76. The number of nitrogens with one attached hydrogen (secondary N) is 1. The van der Waals surface area contributed by atoms with Crippen LogP contribution in [0, 0.1) is 18.8 Å². The highest BCUT2D eigenvalue weighted by Gasteiger charge is 2.44. The molecule has 1 aliphatic carbocycles. The highest BCUT2D eigenvalue weighted by atomic mass is 16.5. The molecule has 0 heterocycles. The molecule has 1 aromatic carbocycles. The zero-order valence-corrected chi connectivity index (χ0v) is 12.9. The molecule has 3 heteroatoms. The van der Waals surface area contributed by atoms with Gasteiger partial charge in [0.2, 0.25) is 0 Å². The fourth-order valence-electron chi connectivity index (χ4n) is 3.13. The quantitative estimate of drug-likeness (QED) is 0.853. The maximum atomic E-state index is 12.4. The molecule has 3 atom stereocenters. The van der Waals surface area contributed by atoms with Crippen LogP contribution < -0.4 is 5.32 Å². The Kier molecular flexibility index (Phi) is 4.36. The minimum Gasteiger partial charge on any atom is -0.467 e. The van der Waals surface area contributed by atoms with Crippen LogP contribution in [0.5, 0.6) is 0 Å². The van der Waals surface area contributed by atoms with E-state index in [0.717, 1.165) is 30.5 Å². The zero-order valence-electron chi connectivity index (χ0n) is 12.9. The second-order valence-corrected chi connectivity index (χ2v) is 6.21. The van der Waals surface area contributed by atoms with Gasteiger partial charge in [-0.15, -0.1) is 0 Å². The summed E-state index contributed by atoms with van der Waals surface area (Å²) in [5.41, 5.74) is 1.61. The standard InChI is InChI=1S/C17H25NO2/c1-12-9-10-17(11-14(12)3,16(19)20-4)18-15-8-6-5-7-13(15)2/h5-8,12,14,18H,9-11H2,1-4H3. The molecule has 20 heavy (non-hydrogen) atoms. The Morgan fingerprint density at radius 1 is 1.30 bits per heavy atom. The van der Waals surface area contributed by atoms with Gasteiger partial charge in [0.25, 0.3) is 0 Å². The third-order valence-electron chi connectivity index (χ3n) is 4.76. The molecular weight excluding hydrogens is 250 g/mol. The molecule has 0 aromatic heterocycles. The number of hydrogen-bond acceptors (Lipinski definition) is 3. The first kappa shape index (κ1) is 14.9. The molecule has 0 saturated heterocycles. The lowest BCUT2D eigenvalue weighted by Gasteiger charge is -2.42. The van der Waals surface area contributed by atoms with Crippen LogP contribution >= 0.6 is 0 Å². The Morgan fingerprint density at radius 3 is 2.60 bits per heavy atom. The van der Waals surface area contributed by atoms with Gasteiger partial charge < -0.3 is 10.1 Å². The summed E-state index contributed by atoms with van der Waals surface area (Å²) >= 11 is 0. The third kappa shape index (κ3) is 2.82. The SMILES string of the molecule is COC(=O)C1(Nc2ccccc2C)CCC(C)C(C)C1. The van der Waals surface area contributed by atoms with Gasteiger partial charge in [-0.2, -0.15) is 0 Å². The van der Waals surface area contributed by atoms with Crippen molar-refractivity contribution in [1.82, 2.24) is 0 Å². The fourth-order valence-corrected chi connectivity index (χ4v) is 3.13. The lowest BCUT2D eigenvalue weighted by atomic mass is 9.71. The molecular formula is C17H25NO2. The van der Waals surface area contributed by atoms with Gasteiger partial charge in [0.05, 0.1) is 7.11 Å². The van der Waals surface area contributed by atoms with Crippen molar-refractivity contribution < 1.29 is 9.53 Å². The predicted molar refractivity (Wildman–Crippen MR) is 81.7 cm³/mol. The van der Waals surface area contributed by atoms with Gasteiger partial charge in [0, 0.05) is 5.69 Å². The lowest BCUT2D eigenvalue weighted by molar-refractivity contribution is -0.148. The molecule has 110 valence electrons. The highest BCUT2D eigenvalue weighted by molar-refractivity contribution is 5.85. The number of rotatable bonds is 3. The molecule has 1 N–H and O–H groups in total. The number of methoxy groups -OCH3 is 1. The van der Waals surface area contributed by atoms with E-state index in [1.165, 1.54) is 7.11 Å². The lowest BCUT2D eigenvalue weighted by Crippen LogP contribution is -2.51. The van der Waals surface area contributed by atoms with E-state index in [1.807, 2.05) is 18.2 Å². The van der Waals surface area contributed by atoms with Gasteiger partial charge in [0.1, 0.15) is 5.54 Å². The second-order valence-electron chi connectivity index (χ2n) is 6.21. The Hall–Kier alpha value is -1.51. The molecule has 0 radical (unpaired) electrons. The van der Waals surface area contributed by atoms with Crippen LogP contribution in [0.3, 0.4) is 0 Å². The van der Waals surface area contributed by atoms with E-state index in [1.54, 1.807) is 0 Å². The Labute approximate surface area is 121 Å². The molecule has 1 saturated carbocycles. The normalized spacial score (nSPS) is 29.8. The van der Waals surface area contributed by atoms with Crippen LogP contribution in [0.15, 0.2) is 24.3 Å². The average Bonchev–Trinajstić information content (AvgIpc) is 2.44. The number of carbonyl (C=O) groups is 1. The number of carbonyl (C=O) groups excluding carboxylic acids is 1. The topological polar surface area (TPSA) is 38.3 Å². The first-order valence-corrected chi connectivity index (χ1v) is 7.41. The van der Waals surface area contributed by atoms with Crippen molar-refractivity contribution in [2.45, 2.75) is 45.6 Å². The van der Waals surface area contributed by atoms with Gasteiger partial charge in [0.15, 0.2) is 0 Å². The number of aryl methyl sites for hydroxylation is 1. The van der Waals surface area contributed by atoms with Crippen LogP contribution in [0.25, 0.3) is 0 Å². The van der Waals surface area contributed by atoms with E-state index in [4.69, 9.17) is 4.74 Å². The number of ether oxygens (including phenoxy) is 1. The summed E-state index contributed by atoms with van der Waals surface area (Å²) in [4.78, 5) is 12.4. The van der Waals surface area contributed by atoms with Gasteiger partial charge in [-0.25, -0.2) is 4.79 Å². The van der Waals surface area contributed by atoms with Crippen molar-refractivity contribution in [1.29, 1.82) is 0 Å². The van der Waals surface area contributed by atoms with Crippen LogP contribution in [0.1, 0.15) is 38.7 Å². The van der Waals surface area contributed by atoms with Crippen molar-refractivity contribution >= 4 is 11.7 Å². The van der Waals surface area contributed by atoms with Gasteiger partial charge in [-0.3, -0.25) is 0 Å². The van der Waals surface area contributed by atoms with Crippen molar-refractivity contribution in [2.24, 2.45) is 11.8 Å². The summed E-state index contributed by atoms with van der Waals surface area (Å²) in [6, 6.07) is 8.09. The number of esters is 1. The molecule has 0 spiro atoms. The van der Waals surface area contributed by atoms with E-state index in [9.17, 15) is 4.79 Å². The monoisotopic (exact) mass is 275 g/mol. The summed E-state index contributed by atoms with van der Waals surface area (Å²) in [6.07, 6.45) is 2.71. The second kappa shape index (κ2) is 5.86. The van der Waals surface area contributed by atoms with Gasteiger partial charge in [-0.05, 0) is 49.7 Å². The Morgan fingerprint density at radius 2 is 2.00 bits per heavy atom. The number of hydrogen-bond donors (Lipinski definition) is 1. The molecule has 0 aliphatic heterocycles. The number of para-hydroxylation sites is 1. The van der Waals surface area contributed by atoms with Crippen molar-refractivity contribution in [3.63, 3.8) is 0 Å². The zero-order chi connectivity index (χ0) is 14.8. The molecule has 1 aliphatic rings. The van der Waals surface area contributed by atoms with E-state index in [2.05, 4.69) is 32.2 Å². The van der Waals surface area contributed by atoms with Gasteiger partial charge >= 0.3 is 5.97 Å². The summed E-state index contributed by atoms with van der Waals surface area (Å²) in [5.74, 6) is 1.03. The van der Waals surface area contributed by atoms with E-state index < -0.39 is 5.54 Å². The van der Waals surface area contributed by atoms with E-state index >= 15 is 0 Å². The van der Waals surface area contributed by atoms with Crippen LogP contribution in [-0.2, 0) is 9.53 Å². The largest absolute Gasteiger partial charge is 0.467 e. The maximum absolute atomic E-state index is 12.4. The van der Waals surface area contributed by atoms with Crippen LogP contribution in [0.4, 0.5) is 5.69 Å². The first-order chi connectivity index (χ1) is 9.48. The maximum Gasteiger partial charge on any atom is 0.331 e. The van der Waals surface area contributed by atoms with Crippen LogP contribution in [-0.4, -0.2) is 18.6 Å². The number of benzene rings is 1. The van der Waals surface area contributed by atoms with Crippen molar-refractivity contribution in [2.75, 3.05) is 12.4 Å². The molecule has 3 unspecified atom stereocenters. The van der Waals surface area contributed by atoms with E-state index in [-0.39, 0.29) is 5.97 Å². The van der Waals surface area contributed by atoms with E-state index in [0.29, 0.717) is 11.8 Å². The summed E-state index contributed by atoms with van der Waals surface area (Å²) in [5, 5.41) is 3.49. The minimum absolute atomic E-state index is 0.139. The molecule has 0 amide bonds. The van der Waals surface area contributed by atoms with Crippen molar-refractivity contribution in [3.8, 4) is 0 Å². The molecule has 1 fully saturated rings. The smallest absolute Gasteiger partial charge is 0.331 e. The average molecular weight is 275 g/mol. The summed E-state index contributed by atoms with van der Waals surface area (Å²) < 4.78 is 5.09. The van der Waals surface area contributed by atoms with Gasteiger partial charge in [-0.1, -0.05) is 32.0 Å². The molecule has 2 rings (SSSR count). The first-order valence-electron chi connectivity index (χ1n) is 7.41. The summed E-state index contributed by atoms with van der Waals surface area (Å²) in [7, 11) is 1.48. The number of anilines is 1. The molecule has 1 aromatic rings. The van der Waals surface area contributed by atoms with Crippen molar-refractivity contribution in [3.05, 3.63) is 29.8 Å². The predicted octanol–water partition coefficient (Wildman–Crippen LogP) is 3.77. The van der Waals surface area contributed by atoms with Crippen LogP contribution in [0.2, 0.25) is 0 Å². The minimum atomic E-state index is -0.577.